The fraction of sp³-hybridized carbons (Fsp3) is 0.769. The monoisotopic (exact) mass is 239 g/mol. The van der Waals surface area contributed by atoms with Gasteiger partial charge in [-0.2, -0.15) is 0 Å². The van der Waals surface area contributed by atoms with Gasteiger partial charge in [0, 0.05) is 25.4 Å². The fourth-order valence-corrected chi connectivity index (χ4v) is 2.10. The fourth-order valence-electron chi connectivity index (χ4n) is 2.10. The molecule has 0 saturated carbocycles. The first kappa shape index (κ1) is 14.0. The molecule has 0 spiro atoms. The Morgan fingerprint density at radius 2 is 2.06 bits per heavy atom. The molecule has 1 aromatic rings. The van der Waals surface area contributed by atoms with Gasteiger partial charge >= 0.3 is 0 Å². The first-order valence-electron chi connectivity index (χ1n) is 6.43. The van der Waals surface area contributed by atoms with E-state index >= 15 is 0 Å². The van der Waals surface area contributed by atoms with Crippen LogP contribution in [-0.2, 0) is 4.74 Å². The Hall–Kier alpha value is -1.03. The molecule has 0 amide bonds. The van der Waals surface area contributed by atoms with E-state index in [9.17, 15) is 0 Å². The van der Waals surface area contributed by atoms with Crippen LogP contribution in [-0.4, -0.2) is 29.3 Å². The third kappa shape index (κ3) is 3.73. The number of nitrogens with zero attached hydrogens (tertiary/aromatic N) is 2. The molecule has 1 aromatic heterocycles. The van der Waals surface area contributed by atoms with Crippen molar-refractivity contribution < 1.29 is 4.74 Å². The molecule has 4 nitrogen and oxygen atoms in total. The van der Waals surface area contributed by atoms with Gasteiger partial charge in [0.25, 0.3) is 0 Å². The summed E-state index contributed by atoms with van der Waals surface area (Å²) in [5.41, 5.74) is 1.06. The molecule has 0 aliphatic rings. The Labute approximate surface area is 104 Å². The quantitative estimate of drug-likeness (QED) is 0.795. The van der Waals surface area contributed by atoms with Gasteiger partial charge in [-0.1, -0.05) is 13.8 Å². The second kappa shape index (κ2) is 6.64. The topological polar surface area (TPSA) is 39.1 Å². The van der Waals surface area contributed by atoms with E-state index < -0.39 is 0 Å². The van der Waals surface area contributed by atoms with Crippen molar-refractivity contribution in [1.82, 2.24) is 9.55 Å². The number of hydrogen-bond acceptors (Lipinski definition) is 3. The SMILES string of the molecule is CCC(CC)n1cc(C)nc1NC(C)COC. The maximum Gasteiger partial charge on any atom is 0.203 e. The summed E-state index contributed by atoms with van der Waals surface area (Å²) >= 11 is 0. The summed E-state index contributed by atoms with van der Waals surface area (Å²) in [6, 6.07) is 0.795. The summed E-state index contributed by atoms with van der Waals surface area (Å²) in [4.78, 5) is 4.55. The van der Waals surface area contributed by atoms with Gasteiger partial charge in [-0.05, 0) is 26.7 Å². The normalized spacial score (nSPS) is 13.1. The lowest BCUT2D eigenvalue weighted by Gasteiger charge is -2.20. The number of ether oxygens (including phenoxy) is 1. The average Bonchev–Trinajstić information content (AvgIpc) is 2.62. The summed E-state index contributed by atoms with van der Waals surface area (Å²) in [5, 5.41) is 3.41. The van der Waals surface area contributed by atoms with Crippen LogP contribution >= 0.6 is 0 Å². The van der Waals surface area contributed by atoms with Crippen molar-refractivity contribution in [3.63, 3.8) is 0 Å². The predicted molar refractivity (Wildman–Crippen MR) is 71.5 cm³/mol. The van der Waals surface area contributed by atoms with Crippen molar-refractivity contribution in [3.05, 3.63) is 11.9 Å². The van der Waals surface area contributed by atoms with Gasteiger partial charge in [-0.3, -0.25) is 0 Å². The molecule has 0 fully saturated rings. The van der Waals surface area contributed by atoms with E-state index in [0.717, 1.165) is 24.5 Å². The molecule has 4 heteroatoms. The van der Waals surface area contributed by atoms with Crippen molar-refractivity contribution in [1.29, 1.82) is 0 Å². The predicted octanol–water partition coefficient (Wildman–Crippen LogP) is 3.00. The number of aryl methyl sites for hydroxylation is 1. The lowest BCUT2D eigenvalue weighted by atomic mass is 10.2. The molecule has 1 N–H and O–H groups in total. The van der Waals surface area contributed by atoms with Crippen molar-refractivity contribution in [3.8, 4) is 0 Å². The number of hydrogen-bond donors (Lipinski definition) is 1. The summed E-state index contributed by atoms with van der Waals surface area (Å²) in [6.07, 6.45) is 4.37. The van der Waals surface area contributed by atoms with Gasteiger partial charge in [0.2, 0.25) is 5.95 Å². The van der Waals surface area contributed by atoms with Gasteiger partial charge in [-0.15, -0.1) is 0 Å². The third-order valence-corrected chi connectivity index (χ3v) is 2.98. The van der Waals surface area contributed by atoms with Crippen LogP contribution in [0.4, 0.5) is 5.95 Å². The van der Waals surface area contributed by atoms with Crippen LogP contribution in [0.2, 0.25) is 0 Å². The Balaban J connectivity index is 2.83. The highest BCUT2D eigenvalue weighted by atomic mass is 16.5. The highest BCUT2D eigenvalue weighted by Crippen LogP contribution is 2.22. The van der Waals surface area contributed by atoms with Crippen LogP contribution < -0.4 is 5.32 Å². The molecule has 98 valence electrons. The highest BCUT2D eigenvalue weighted by Gasteiger charge is 2.14. The first-order chi connectivity index (χ1) is 8.12. The van der Waals surface area contributed by atoms with Crippen molar-refractivity contribution in [2.75, 3.05) is 19.0 Å². The number of aromatic nitrogens is 2. The maximum atomic E-state index is 5.14. The van der Waals surface area contributed by atoms with E-state index in [1.165, 1.54) is 0 Å². The smallest absolute Gasteiger partial charge is 0.203 e. The summed E-state index contributed by atoms with van der Waals surface area (Å²) in [5.74, 6) is 0.959. The number of methoxy groups -OCH3 is 1. The van der Waals surface area contributed by atoms with E-state index in [1.54, 1.807) is 7.11 Å². The minimum Gasteiger partial charge on any atom is -0.383 e. The van der Waals surface area contributed by atoms with E-state index in [1.807, 2.05) is 6.92 Å². The first-order valence-corrected chi connectivity index (χ1v) is 6.43. The minimum atomic E-state index is 0.273. The number of imidazole rings is 1. The molecule has 1 heterocycles. The molecule has 0 aromatic carbocycles. The van der Waals surface area contributed by atoms with E-state index in [0.29, 0.717) is 12.6 Å². The Bertz CT molecular complexity index is 331. The molecule has 1 rings (SSSR count). The van der Waals surface area contributed by atoms with Crippen LogP contribution in [0.5, 0.6) is 0 Å². The number of anilines is 1. The largest absolute Gasteiger partial charge is 0.383 e. The Kier molecular flexibility index (Phi) is 5.48. The molecule has 0 radical (unpaired) electrons. The second-order valence-electron chi connectivity index (χ2n) is 4.58. The summed E-state index contributed by atoms with van der Waals surface area (Å²) in [6.45, 7) is 9.25. The molecular formula is C13H25N3O. The van der Waals surface area contributed by atoms with Crippen molar-refractivity contribution in [2.45, 2.75) is 52.6 Å². The molecule has 0 aliphatic heterocycles. The number of nitrogens with one attached hydrogen (secondary N) is 1. The van der Waals surface area contributed by atoms with Crippen molar-refractivity contribution >= 4 is 5.95 Å². The Morgan fingerprint density at radius 3 is 2.59 bits per heavy atom. The summed E-state index contributed by atoms with van der Waals surface area (Å²) < 4.78 is 7.39. The third-order valence-electron chi connectivity index (χ3n) is 2.98. The molecule has 0 aliphatic carbocycles. The molecule has 0 bridgehead atoms. The standard InChI is InChI=1S/C13H25N3O/c1-6-12(7-2)16-8-10(3)14-13(16)15-11(4)9-17-5/h8,11-12H,6-7,9H2,1-5H3,(H,14,15). The van der Waals surface area contributed by atoms with Gasteiger partial charge < -0.3 is 14.6 Å². The van der Waals surface area contributed by atoms with Gasteiger partial charge in [0.05, 0.1) is 12.3 Å². The van der Waals surface area contributed by atoms with Crippen molar-refractivity contribution in [2.24, 2.45) is 0 Å². The highest BCUT2D eigenvalue weighted by molar-refractivity contribution is 5.30. The Morgan fingerprint density at radius 1 is 1.41 bits per heavy atom. The van der Waals surface area contributed by atoms with Crippen LogP contribution in [0.25, 0.3) is 0 Å². The van der Waals surface area contributed by atoms with Gasteiger partial charge in [-0.25, -0.2) is 4.98 Å². The van der Waals surface area contributed by atoms with Gasteiger partial charge in [0.15, 0.2) is 0 Å². The van der Waals surface area contributed by atoms with Crippen LogP contribution in [0.1, 0.15) is 45.3 Å². The average molecular weight is 239 g/mol. The molecule has 17 heavy (non-hydrogen) atoms. The lowest BCUT2D eigenvalue weighted by Crippen LogP contribution is -2.24. The van der Waals surface area contributed by atoms with Crippen LogP contribution in [0.3, 0.4) is 0 Å². The van der Waals surface area contributed by atoms with Gasteiger partial charge in [0.1, 0.15) is 0 Å². The molecular weight excluding hydrogens is 214 g/mol. The second-order valence-corrected chi connectivity index (χ2v) is 4.58. The molecule has 1 unspecified atom stereocenters. The van der Waals surface area contributed by atoms with Crippen LogP contribution in [0, 0.1) is 6.92 Å². The zero-order chi connectivity index (χ0) is 12.8. The zero-order valence-corrected chi connectivity index (χ0v) is 11.7. The van der Waals surface area contributed by atoms with E-state index in [-0.39, 0.29) is 6.04 Å². The maximum absolute atomic E-state index is 5.14. The number of rotatable bonds is 7. The molecule has 1 atom stereocenters. The van der Waals surface area contributed by atoms with E-state index in [2.05, 4.69) is 41.8 Å². The molecule has 0 saturated heterocycles. The van der Waals surface area contributed by atoms with Crippen LogP contribution in [0.15, 0.2) is 6.20 Å². The minimum absolute atomic E-state index is 0.273. The summed E-state index contributed by atoms with van der Waals surface area (Å²) in [7, 11) is 1.72. The zero-order valence-electron chi connectivity index (χ0n) is 11.7. The lowest BCUT2D eigenvalue weighted by molar-refractivity contribution is 0.190. The van der Waals surface area contributed by atoms with E-state index in [4.69, 9.17) is 4.74 Å².